The first kappa shape index (κ1) is 22.1. The minimum absolute atomic E-state index is 0.266. The zero-order chi connectivity index (χ0) is 22.2. The van der Waals surface area contributed by atoms with Crippen molar-refractivity contribution < 1.29 is 18.3 Å². The number of carboxylic acid groups (broad SMARTS) is 1. The fraction of sp³-hybridized carbons (Fsp3) is 0.409. The highest BCUT2D eigenvalue weighted by Crippen LogP contribution is 2.57. The van der Waals surface area contributed by atoms with Gasteiger partial charge in [-0.2, -0.15) is 17.4 Å². The highest BCUT2D eigenvalue weighted by molar-refractivity contribution is 7.87. The lowest BCUT2D eigenvalue weighted by molar-refractivity contribution is -0.140. The number of anilines is 1. The van der Waals surface area contributed by atoms with Crippen LogP contribution in [0, 0.1) is 5.92 Å². The maximum absolute atomic E-state index is 13.2. The number of nitrogens with one attached hydrogen (secondary N) is 1. The minimum atomic E-state index is -3.98. The summed E-state index contributed by atoms with van der Waals surface area (Å²) in [5, 5.41) is 10.6. The smallest absolute Gasteiger partial charge is 0.325 e. The number of carbonyl (C=O) groups is 1. The molecule has 1 aliphatic carbocycles. The van der Waals surface area contributed by atoms with Crippen LogP contribution < -0.4 is 9.62 Å². The van der Waals surface area contributed by atoms with Gasteiger partial charge in [0.2, 0.25) is 0 Å². The summed E-state index contributed by atoms with van der Waals surface area (Å²) in [6.45, 7) is 3.56. The second-order valence-corrected chi connectivity index (χ2v) is 10.3. The van der Waals surface area contributed by atoms with Gasteiger partial charge in [0.1, 0.15) is 5.54 Å². The van der Waals surface area contributed by atoms with Gasteiger partial charge in [-0.3, -0.25) is 4.79 Å². The van der Waals surface area contributed by atoms with E-state index in [-0.39, 0.29) is 12.5 Å². The summed E-state index contributed by atoms with van der Waals surface area (Å²) in [5.41, 5.74) is 0.240. The van der Waals surface area contributed by atoms with Crippen LogP contribution >= 0.6 is 11.6 Å². The molecule has 2 N–H and O–H groups in total. The van der Waals surface area contributed by atoms with Crippen LogP contribution in [0.5, 0.6) is 0 Å². The van der Waals surface area contributed by atoms with Crippen molar-refractivity contribution in [3.63, 3.8) is 0 Å². The van der Waals surface area contributed by atoms with E-state index in [1.807, 2.05) is 48.5 Å². The molecule has 0 radical (unpaired) electrons. The molecule has 1 saturated carbocycles. The molecule has 1 aliphatic heterocycles. The normalized spacial score (nSPS) is 27.0. The quantitative estimate of drug-likeness (QED) is 0.687. The van der Waals surface area contributed by atoms with Crippen molar-refractivity contribution in [1.82, 2.24) is 9.03 Å². The van der Waals surface area contributed by atoms with E-state index in [2.05, 4.69) is 9.62 Å². The third kappa shape index (κ3) is 4.17. The number of hydrogen-bond donors (Lipinski definition) is 2. The molecule has 3 atom stereocenters. The minimum Gasteiger partial charge on any atom is -0.480 e. The largest absolute Gasteiger partial charge is 0.480 e. The Morgan fingerprint density at radius 2 is 1.84 bits per heavy atom. The molecular formula is C22H26ClN3O4S. The number of carboxylic acids is 1. The number of hydrogen-bond acceptors (Lipinski definition) is 4. The van der Waals surface area contributed by atoms with Crippen LogP contribution in [0.1, 0.15) is 24.8 Å². The Labute approximate surface area is 187 Å². The molecule has 2 fully saturated rings. The lowest BCUT2D eigenvalue weighted by Gasteiger charge is -2.25. The summed E-state index contributed by atoms with van der Waals surface area (Å²) >= 11 is 6.09. The predicted molar refractivity (Wildman–Crippen MR) is 121 cm³/mol. The summed E-state index contributed by atoms with van der Waals surface area (Å²) in [6, 6.07) is 16.7. The summed E-state index contributed by atoms with van der Waals surface area (Å²) in [7, 11) is -3.98. The van der Waals surface area contributed by atoms with E-state index in [1.165, 1.54) is 4.31 Å². The van der Waals surface area contributed by atoms with E-state index < -0.39 is 27.6 Å². The van der Waals surface area contributed by atoms with Gasteiger partial charge in [0.15, 0.2) is 0 Å². The highest BCUT2D eigenvalue weighted by Gasteiger charge is 2.70. The van der Waals surface area contributed by atoms with Gasteiger partial charge in [0.25, 0.3) is 10.2 Å². The molecule has 166 valence electrons. The van der Waals surface area contributed by atoms with Crippen LogP contribution in [0.2, 0.25) is 5.02 Å². The Morgan fingerprint density at radius 1 is 1.10 bits per heavy atom. The average molecular weight is 464 g/mol. The molecular weight excluding hydrogens is 438 g/mol. The predicted octanol–water partition coefficient (Wildman–Crippen LogP) is 2.94. The molecule has 0 bridgehead atoms. The van der Waals surface area contributed by atoms with E-state index in [0.29, 0.717) is 31.1 Å². The first-order valence-corrected chi connectivity index (χ1v) is 12.2. The van der Waals surface area contributed by atoms with Gasteiger partial charge in [-0.25, -0.2) is 0 Å². The van der Waals surface area contributed by atoms with Crippen molar-refractivity contribution >= 4 is 33.5 Å². The second-order valence-electron chi connectivity index (χ2n) is 8.18. The van der Waals surface area contributed by atoms with E-state index in [1.54, 1.807) is 13.0 Å². The lowest BCUT2D eigenvalue weighted by Crippen LogP contribution is -2.52. The molecule has 0 spiro atoms. The molecule has 2 aromatic carbocycles. The second kappa shape index (κ2) is 8.43. The summed E-state index contributed by atoms with van der Waals surface area (Å²) in [5.74, 6) is -1.90. The van der Waals surface area contributed by atoms with Gasteiger partial charge in [-0.15, -0.1) is 0 Å². The van der Waals surface area contributed by atoms with E-state index in [4.69, 9.17) is 11.6 Å². The van der Waals surface area contributed by atoms with Crippen LogP contribution in [0.15, 0.2) is 54.6 Å². The number of aliphatic carboxylic acids is 1. The lowest BCUT2D eigenvalue weighted by atomic mass is 10.1. The van der Waals surface area contributed by atoms with E-state index in [9.17, 15) is 18.3 Å². The number of rotatable bonds is 6. The van der Waals surface area contributed by atoms with Gasteiger partial charge in [0.05, 0.1) is 0 Å². The van der Waals surface area contributed by atoms with Crippen LogP contribution in [-0.4, -0.2) is 55.5 Å². The topological polar surface area (TPSA) is 90.0 Å². The first-order chi connectivity index (χ1) is 14.8. The molecule has 1 heterocycles. The molecule has 0 aromatic heterocycles. The summed E-state index contributed by atoms with van der Waals surface area (Å²) < 4.78 is 30.4. The van der Waals surface area contributed by atoms with Crippen molar-refractivity contribution in [1.29, 1.82) is 0 Å². The zero-order valence-corrected chi connectivity index (χ0v) is 18.8. The zero-order valence-electron chi connectivity index (χ0n) is 17.2. The van der Waals surface area contributed by atoms with Crippen molar-refractivity contribution in [3.05, 3.63) is 65.2 Å². The Morgan fingerprint density at radius 3 is 2.52 bits per heavy atom. The molecule has 9 heteroatoms. The van der Waals surface area contributed by atoms with Crippen LogP contribution in [0.3, 0.4) is 0 Å². The van der Waals surface area contributed by atoms with E-state index in [0.717, 1.165) is 11.3 Å². The van der Waals surface area contributed by atoms with Crippen LogP contribution in [0.4, 0.5) is 5.69 Å². The van der Waals surface area contributed by atoms with Crippen LogP contribution in [-0.2, 0) is 15.0 Å². The molecule has 1 unspecified atom stereocenters. The maximum Gasteiger partial charge on any atom is 0.325 e. The molecule has 0 amide bonds. The highest BCUT2D eigenvalue weighted by atomic mass is 35.5. The number of benzene rings is 2. The van der Waals surface area contributed by atoms with Crippen molar-refractivity contribution in [2.45, 2.75) is 24.8 Å². The van der Waals surface area contributed by atoms with Gasteiger partial charge in [-0.05, 0) is 36.1 Å². The molecule has 7 nitrogen and oxygen atoms in total. The Hall–Kier alpha value is -2.13. The van der Waals surface area contributed by atoms with Gasteiger partial charge >= 0.3 is 5.97 Å². The van der Waals surface area contributed by atoms with Crippen molar-refractivity contribution in [2.75, 3.05) is 31.1 Å². The van der Waals surface area contributed by atoms with Crippen LogP contribution in [0.25, 0.3) is 0 Å². The Balaban J connectivity index is 1.51. The molecule has 4 rings (SSSR count). The Bertz CT molecular complexity index is 1070. The average Bonchev–Trinajstić information content (AvgIpc) is 3.41. The van der Waals surface area contributed by atoms with Gasteiger partial charge in [0, 0.05) is 42.8 Å². The standard InChI is InChI=1S/C22H26ClN3O4S/c1-16-20(17-7-3-2-4-8-17)22(16,21(27)28)24-31(29,30)26-12-6-11-25(13-14-26)19-10-5-9-18(23)15-19/h2-5,7-10,15-16,20,24H,6,11-14H2,1H3,(H,27,28)/t16?,20-,22-/m0/s1. The fourth-order valence-corrected chi connectivity index (χ4v) is 6.48. The fourth-order valence-electron chi connectivity index (χ4n) is 4.64. The van der Waals surface area contributed by atoms with E-state index >= 15 is 0 Å². The molecule has 31 heavy (non-hydrogen) atoms. The summed E-state index contributed by atoms with van der Waals surface area (Å²) in [4.78, 5) is 14.3. The SMILES string of the molecule is CC1[C@@H](c2ccccc2)[C@]1(NS(=O)(=O)N1CCCN(c2cccc(Cl)c2)CC1)C(=O)O. The van der Waals surface area contributed by atoms with Gasteiger partial charge in [-0.1, -0.05) is 54.9 Å². The molecule has 2 aromatic rings. The number of halogens is 1. The number of nitrogens with zero attached hydrogens (tertiary/aromatic N) is 2. The summed E-state index contributed by atoms with van der Waals surface area (Å²) in [6.07, 6.45) is 0.630. The van der Waals surface area contributed by atoms with Crippen molar-refractivity contribution in [2.24, 2.45) is 5.92 Å². The molecule has 1 saturated heterocycles. The maximum atomic E-state index is 13.2. The van der Waals surface area contributed by atoms with Gasteiger partial charge < -0.3 is 10.0 Å². The molecule has 2 aliphatic rings. The van der Waals surface area contributed by atoms with Crippen molar-refractivity contribution in [3.8, 4) is 0 Å². The third-order valence-electron chi connectivity index (χ3n) is 6.38. The third-order valence-corrected chi connectivity index (χ3v) is 8.25. The first-order valence-electron chi connectivity index (χ1n) is 10.3. The monoisotopic (exact) mass is 463 g/mol. The Kier molecular flexibility index (Phi) is 6.00.